The maximum atomic E-state index is 4.26. The summed E-state index contributed by atoms with van der Waals surface area (Å²) in [4.78, 5) is 8.29. The molecule has 19 heavy (non-hydrogen) atoms. The van der Waals surface area contributed by atoms with Gasteiger partial charge in [-0.15, -0.1) is 34.0 Å². The number of aryl methyl sites for hydroxylation is 1. The first kappa shape index (κ1) is 13.0. The monoisotopic (exact) mass is 306 g/mol. The van der Waals surface area contributed by atoms with Crippen molar-refractivity contribution in [2.75, 3.05) is 0 Å². The van der Waals surface area contributed by atoms with E-state index in [1.807, 2.05) is 24.5 Å². The molecule has 3 heterocycles. The van der Waals surface area contributed by atoms with Gasteiger partial charge in [-0.2, -0.15) is 0 Å². The molecule has 0 atom stereocenters. The molecular formula is C14H14N2S3. The minimum Gasteiger partial charge on any atom is -0.307 e. The molecule has 0 spiro atoms. The lowest BCUT2D eigenvalue weighted by Crippen LogP contribution is -2.10. The van der Waals surface area contributed by atoms with Crippen LogP contribution in [-0.2, 0) is 13.1 Å². The minimum atomic E-state index is 0.901. The first-order valence-electron chi connectivity index (χ1n) is 6.04. The summed E-state index contributed by atoms with van der Waals surface area (Å²) in [5.74, 6) is 0. The predicted molar refractivity (Wildman–Crippen MR) is 85.0 cm³/mol. The highest BCUT2D eigenvalue weighted by Gasteiger charge is 2.03. The Morgan fingerprint density at radius 3 is 2.84 bits per heavy atom. The van der Waals surface area contributed by atoms with Crippen LogP contribution in [0.4, 0.5) is 0 Å². The molecule has 0 aromatic carbocycles. The summed E-state index contributed by atoms with van der Waals surface area (Å²) in [6.07, 6.45) is 1.96. The van der Waals surface area contributed by atoms with Crippen molar-refractivity contribution in [3.8, 4) is 10.4 Å². The van der Waals surface area contributed by atoms with Gasteiger partial charge in [-0.25, -0.2) is 4.98 Å². The van der Waals surface area contributed by atoms with Crippen LogP contribution < -0.4 is 5.32 Å². The van der Waals surface area contributed by atoms with E-state index >= 15 is 0 Å². The number of aromatic nitrogens is 1. The molecule has 0 fully saturated rings. The second kappa shape index (κ2) is 5.96. The number of thiophene rings is 2. The third-order valence-corrected chi connectivity index (χ3v) is 5.50. The van der Waals surface area contributed by atoms with Gasteiger partial charge in [0.1, 0.15) is 0 Å². The molecule has 0 aliphatic carbocycles. The number of nitrogens with zero attached hydrogens (tertiary/aromatic N) is 1. The Balaban J connectivity index is 1.56. The van der Waals surface area contributed by atoms with Gasteiger partial charge in [-0.3, -0.25) is 0 Å². The lowest BCUT2D eigenvalue weighted by molar-refractivity contribution is 0.708. The van der Waals surface area contributed by atoms with Crippen molar-refractivity contribution in [2.24, 2.45) is 0 Å². The molecule has 1 N–H and O–H groups in total. The van der Waals surface area contributed by atoms with Gasteiger partial charge in [-0.05, 0) is 29.8 Å². The second-order valence-electron chi connectivity index (χ2n) is 4.23. The van der Waals surface area contributed by atoms with Crippen LogP contribution in [0.3, 0.4) is 0 Å². The Hall–Kier alpha value is -1.01. The Kier molecular flexibility index (Phi) is 4.08. The normalized spacial score (nSPS) is 11.0. The SMILES string of the molecule is Cc1ncc(CNCc2cc(-c3cccs3)cs2)s1. The topological polar surface area (TPSA) is 24.9 Å². The van der Waals surface area contributed by atoms with Crippen molar-refractivity contribution >= 4 is 34.0 Å². The molecular weight excluding hydrogens is 292 g/mol. The third-order valence-electron chi connectivity index (χ3n) is 2.73. The first-order chi connectivity index (χ1) is 9.31. The molecule has 0 aliphatic heterocycles. The fraction of sp³-hybridized carbons (Fsp3) is 0.214. The van der Waals surface area contributed by atoms with Crippen molar-refractivity contribution in [1.29, 1.82) is 0 Å². The summed E-state index contributed by atoms with van der Waals surface area (Å²) >= 11 is 5.37. The van der Waals surface area contributed by atoms with Gasteiger partial charge in [0.25, 0.3) is 0 Å². The Bertz CT molecular complexity index is 637. The highest BCUT2D eigenvalue weighted by atomic mass is 32.1. The standard InChI is InChI=1S/C14H14N2S3/c1-10-16-8-13(19-10)7-15-6-12-5-11(9-18-12)14-3-2-4-17-14/h2-5,8-9,15H,6-7H2,1H3. The van der Waals surface area contributed by atoms with Gasteiger partial charge in [-0.1, -0.05) is 6.07 Å². The summed E-state index contributed by atoms with van der Waals surface area (Å²) < 4.78 is 0. The lowest BCUT2D eigenvalue weighted by Gasteiger charge is -1.99. The van der Waals surface area contributed by atoms with Crippen LogP contribution >= 0.6 is 34.0 Å². The molecule has 0 aliphatic rings. The van der Waals surface area contributed by atoms with E-state index in [2.05, 4.69) is 39.3 Å². The van der Waals surface area contributed by atoms with E-state index in [1.165, 1.54) is 20.2 Å². The molecule has 2 nitrogen and oxygen atoms in total. The molecule has 0 saturated heterocycles. The maximum Gasteiger partial charge on any atom is 0.0897 e. The van der Waals surface area contributed by atoms with E-state index in [0.717, 1.165) is 18.1 Å². The molecule has 3 aromatic heterocycles. The summed E-state index contributed by atoms with van der Waals surface area (Å²) in [5, 5.41) is 8.96. The molecule has 98 valence electrons. The average Bonchev–Trinajstić information content (AvgIpc) is 3.09. The van der Waals surface area contributed by atoms with Gasteiger partial charge in [0.05, 0.1) is 5.01 Å². The number of nitrogens with one attached hydrogen (secondary N) is 1. The number of hydrogen-bond donors (Lipinski definition) is 1. The van der Waals surface area contributed by atoms with Gasteiger partial charge in [0.2, 0.25) is 0 Å². The van der Waals surface area contributed by atoms with Gasteiger partial charge in [0, 0.05) is 39.5 Å². The summed E-state index contributed by atoms with van der Waals surface area (Å²) in [5.41, 5.74) is 1.34. The van der Waals surface area contributed by atoms with Gasteiger partial charge < -0.3 is 5.32 Å². The molecule has 3 rings (SSSR count). The number of rotatable bonds is 5. The highest BCUT2D eigenvalue weighted by Crippen LogP contribution is 2.29. The number of thiazole rings is 1. The largest absolute Gasteiger partial charge is 0.307 e. The van der Waals surface area contributed by atoms with E-state index in [-0.39, 0.29) is 0 Å². The van der Waals surface area contributed by atoms with Crippen molar-refractivity contribution in [1.82, 2.24) is 10.3 Å². The van der Waals surface area contributed by atoms with Crippen molar-refractivity contribution in [2.45, 2.75) is 20.0 Å². The van der Waals surface area contributed by atoms with Crippen LogP contribution in [0.25, 0.3) is 10.4 Å². The Labute approximate surface area is 124 Å². The third kappa shape index (κ3) is 3.30. The van der Waals surface area contributed by atoms with Crippen LogP contribution in [0, 0.1) is 6.92 Å². The fourth-order valence-electron chi connectivity index (χ4n) is 1.84. The van der Waals surface area contributed by atoms with Crippen LogP contribution in [0.1, 0.15) is 14.8 Å². The molecule has 5 heteroatoms. The fourth-order valence-corrected chi connectivity index (χ4v) is 4.25. The second-order valence-corrected chi connectivity index (χ2v) is 7.49. The lowest BCUT2D eigenvalue weighted by atomic mass is 10.2. The molecule has 0 unspecified atom stereocenters. The molecule has 3 aromatic rings. The Morgan fingerprint density at radius 1 is 1.21 bits per heavy atom. The molecule has 0 amide bonds. The highest BCUT2D eigenvalue weighted by molar-refractivity contribution is 7.14. The zero-order valence-electron chi connectivity index (χ0n) is 10.6. The predicted octanol–water partition coefficient (Wildman–Crippen LogP) is 4.53. The van der Waals surface area contributed by atoms with E-state index in [4.69, 9.17) is 0 Å². The van der Waals surface area contributed by atoms with E-state index in [1.54, 1.807) is 22.7 Å². The van der Waals surface area contributed by atoms with Crippen LogP contribution in [0.15, 0.2) is 35.2 Å². The summed E-state index contributed by atoms with van der Waals surface area (Å²) in [7, 11) is 0. The maximum absolute atomic E-state index is 4.26. The minimum absolute atomic E-state index is 0.901. The molecule has 0 bridgehead atoms. The van der Waals surface area contributed by atoms with Crippen molar-refractivity contribution in [3.63, 3.8) is 0 Å². The average molecular weight is 306 g/mol. The van der Waals surface area contributed by atoms with Crippen molar-refractivity contribution < 1.29 is 0 Å². The quantitative estimate of drug-likeness (QED) is 0.749. The van der Waals surface area contributed by atoms with E-state index in [0.29, 0.717) is 0 Å². The van der Waals surface area contributed by atoms with E-state index < -0.39 is 0 Å². The molecule has 0 radical (unpaired) electrons. The van der Waals surface area contributed by atoms with Gasteiger partial charge in [0.15, 0.2) is 0 Å². The van der Waals surface area contributed by atoms with Crippen molar-refractivity contribution in [3.05, 3.63) is 49.9 Å². The zero-order chi connectivity index (χ0) is 13.1. The first-order valence-corrected chi connectivity index (χ1v) is 8.62. The summed E-state index contributed by atoms with van der Waals surface area (Å²) in [6, 6.07) is 6.55. The zero-order valence-corrected chi connectivity index (χ0v) is 13.0. The Morgan fingerprint density at radius 2 is 2.11 bits per heavy atom. The van der Waals surface area contributed by atoms with Gasteiger partial charge >= 0.3 is 0 Å². The van der Waals surface area contributed by atoms with Crippen LogP contribution in [-0.4, -0.2) is 4.98 Å². The number of hydrogen-bond acceptors (Lipinski definition) is 5. The molecule has 0 saturated carbocycles. The van der Waals surface area contributed by atoms with Crippen LogP contribution in [0.2, 0.25) is 0 Å². The summed E-state index contributed by atoms with van der Waals surface area (Å²) in [6.45, 7) is 3.87. The van der Waals surface area contributed by atoms with E-state index in [9.17, 15) is 0 Å². The smallest absolute Gasteiger partial charge is 0.0897 e. The van der Waals surface area contributed by atoms with Crippen LogP contribution in [0.5, 0.6) is 0 Å².